The summed E-state index contributed by atoms with van der Waals surface area (Å²) in [5.74, 6) is -3.01. The lowest BCUT2D eigenvalue weighted by atomic mass is 10.1. The predicted octanol–water partition coefficient (Wildman–Crippen LogP) is 3.45. The number of halogens is 1. The number of furan rings is 1. The highest BCUT2D eigenvalue weighted by Crippen LogP contribution is 2.26. The molecule has 2 N–H and O–H groups in total. The minimum Gasteiger partial charge on any atom is -0.478 e. The van der Waals surface area contributed by atoms with Crippen molar-refractivity contribution < 1.29 is 33.1 Å². The molecule has 8 nitrogen and oxygen atoms in total. The fourth-order valence-corrected chi connectivity index (χ4v) is 3.01. The van der Waals surface area contributed by atoms with Gasteiger partial charge in [0.25, 0.3) is 11.8 Å². The number of aromatic carboxylic acids is 1. The number of imide groups is 2. The number of benzene rings is 2. The van der Waals surface area contributed by atoms with Gasteiger partial charge in [-0.1, -0.05) is 18.2 Å². The van der Waals surface area contributed by atoms with E-state index in [0.717, 1.165) is 12.1 Å². The number of rotatable bonds is 4. The van der Waals surface area contributed by atoms with Gasteiger partial charge in [-0.25, -0.2) is 18.9 Å². The second-order valence-corrected chi connectivity index (χ2v) is 6.52. The molecule has 0 atom stereocenters. The van der Waals surface area contributed by atoms with E-state index in [4.69, 9.17) is 9.52 Å². The van der Waals surface area contributed by atoms with Gasteiger partial charge in [-0.15, -0.1) is 0 Å². The van der Waals surface area contributed by atoms with E-state index in [1.807, 2.05) is 5.32 Å². The standard InChI is InChI=1S/C22H13FN2O6/c23-14-2-1-3-15(10-14)25-20(27)17(19(26)24-22(25)30)11-16-8-9-18(31-16)12-4-6-13(7-5-12)21(28)29/h1-11H,(H,28,29)(H,24,26,30)/b17-11+. The van der Waals surface area contributed by atoms with Crippen molar-refractivity contribution in [1.29, 1.82) is 0 Å². The Kier molecular flexibility index (Phi) is 4.92. The molecule has 1 fully saturated rings. The molecule has 4 rings (SSSR count). The molecule has 4 amide bonds. The van der Waals surface area contributed by atoms with Gasteiger partial charge >= 0.3 is 12.0 Å². The summed E-state index contributed by atoms with van der Waals surface area (Å²) in [5.41, 5.74) is 0.306. The zero-order valence-corrected chi connectivity index (χ0v) is 15.7. The van der Waals surface area contributed by atoms with E-state index in [2.05, 4.69) is 0 Å². The molecule has 9 heteroatoms. The molecule has 31 heavy (non-hydrogen) atoms. The third-order valence-corrected chi connectivity index (χ3v) is 4.50. The smallest absolute Gasteiger partial charge is 0.335 e. The Morgan fingerprint density at radius 1 is 1.03 bits per heavy atom. The van der Waals surface area contributed by atoms with Crippen LogP contribution >= 0.6 is 0 Å². The largest absolute Gasteiger partial charge is 0.478 e. The summed E-state index contributed by atoms with van der Waals surface area (Å²) >= 11 is 0. The number of carboxylic acids is 1. The van der Waals surface area contributed by atoms with Crippen LogP contribution in [-0.2, 0) is 9.59 Å². The molecule has 0 bridgehead atoms. The topological polar surface area (TPSA) is 117 Å². The van der Waals surface area contributed by atoms with Crippen LogP contribution in [0.25, 0.3) is 17.4 Å². The molecule has 1 aliphatic rings. The van der Waals surface area contributed by atoms with Crippen molar-refractivity contribution in [2.75, 3.05) is 4.90 Å². The monoisotopic (exact) mass is 420 g/mol. The SMILES string of the molecule is O=C1NC(=O)N(c2cccc(F)c2)C(=O)/C1=C/c1ccc(-c2ccc(C(=O)O)cc2)o1. The van der Waals surface area contributed by atoms with Crippen LogP contribution in [0.4, 0.5) is 14.9 Å². The summed E-state index contributed by atoms with van der Waals surface area (Å²) in [6.45, 7) is 0. The molecule has 0 unspecified atom stereocenters. The zero-order valence-electron chi connectivity index (χ0n) is 15.7. The molecule has 0 aliphatic carbocycles. The van der Waals surface area contributed by atoms with Gasteiger partial charge in [0.05, 0.1) is 11.3 Å². The first-order chi connectivity index (χ1) is 14.8. The second-order valence-electron chi connectivity index (χ2n) is 6.52. The molecule has 2 heterocycles. The molecule has 154 valence electrons. The maximum atomic E-state index is 13.5. The van der Waals surface area contributed by atoms with Crippen molar-refractivity contribution in [3.8, 4) is 11.3 Å². The molecule has 0 saturated carbocycles. The highest BCUT2D eigenvalue weighted by atomic mass is 19.1. The highest BCUT2D eigenvalue weighted by Gasteiger charge is 2.37. The van der Waals surface area contributed by atoms with Gasteiger partial charge in [0.15, 0.2) is 0 Å². The third-order valence-electron chi connectivity index (χ3n) is 4.50. The van der Waals surface area contributed by atoms with E-state index < -0.39 is 29.6 Å². The number of urea groups is 1. The number of anilines is 1. The average molecular weight is 420 g/mol. The lowest BCUT2D eigenvalue weighted by Gasteiger charge is -2.26. The lowest BCUT2D eigenvalue weighted by molar-refractivity contribution is -0.122. The molecular formula is C22H13FN2O6. The Labute approximate surface area is 174 Å². The number of nitrogens with zero attached hydrogens (tertiary/aromatic N) is 1. The van der Waals surface area contributed by atoms with E-state index in [0.29, 0.717) is 16.2 Å². The van der Waals surface area contributed by atoms with Gasteiger partial charge in [0.2, 0.25) is 0 Å². The summed E-state index contributed by atoms with van der Waals surface area (Å²) in [7, 11) is 0. The molecule has 0 spiro atoms. The number of carboxylic acid groups (broad SMARTS) is 1. The molecular weight excluding hydrogens is 407 g/mol. The fraction of sp³-hybridized carbons (Fsp3) is 0. The first-order valence-corrected chi connectivity index (χ1v) is 8.94. The summed E-state index contributed by atoms with van der Waals surface area (Å²) < 4.78 is 19.2. The van der Waals surface area contributed by atoms with E-state index >= 15 is 0 Å². The van der Waals surface area contributed by atoms with Crippen LogP contribution in [-0.4, -0.2) is 28.9 Å². The third kappa shape index (κ3) is 3.84. The Bertz CT molecular complexity index is 1260. The van der Waals surface area contributed by atoms with Crippen molar-refractivity contribution in [3.63, 3.8) is 0 Å². The van der Waals surface area contributed by atoms with Gasteiger partial charge in [-0.3, -0.25) is 14.9 Å². The van der Waals surface area contributed by atoms with Gasteiger partial charge in [-0.05, 0) is 48.5 Å². The van der Waals surface area contributed by atoms with Crippen LogP contribution in [0.5, 0.6) is 0 Å². The van der Waals surface area contributed by atoms with E-state index in [1.165, 1.54) is 36.4 Å². The minimum absolute atomic E-state index is 0.0282. The minimum atomic E-state index is -1.06. The summed E-state index contributed by atoms with van der Waals surface area (Å²) in [6, 6.07) is 12.9. The van der Waals surface area contributed by atoms with Gasteiger partial charge < -0.3 is 9.52 Å². The Morgan fingerprint density at radius 3 is 2.45 bits per heavy atom. The maximum absolute atomic E-state index is 13.5. The Balaban J connectivity index is 1.64. The number of hydrogen-bond donors (Lipinski definition) is 2. The van der Waals surface area contributed by atoms with Crippen molar-refractivity contribution in [1.82, 2.24) is 5.32 Å². The number of carbonyl (C=O) groups is 4. The van der Waals surface area contributed by atoms with E-state index in [1.54, 1.807) is 18.2 Å². The van der Waals surface area contributed by atoms with Gasteiger partial charge in [-0.2, -0.15) is 0 Å². The predicted molar refractivity (Wildman–Crippen MR) is 107 cm³/mol. The second kappa shape index (κ2) is 7.71. The van der Waals surface area contributed by atoms with Crippen LogP contribution in [0.3, 0.4) is 0 Å². The van der Waals surface area contributed by atoms with Crippen molar-refractivity contribution in [3.05, 3.63) is 83.4 Å². The first-order valence-electron chi connectivity index (χ1n) is 8.94. The quantitative estimate of drug-likeness (QED) is 0.493. The Morgan fingerprint density at radius 2 is 1.77 bits per heavy atom. The molecule has 0 radical (unpaired) electrons. The number of hydrogen-bond acceptors (Lipinski definition) is 5. The number of carbonyl (C=O) groups excluding carboxylic acids is 3. The van der Waals surface area contributed by atoms with Crippen LogP contribution in [0.2, 0.25) is 0 Å². The molecule has 3 aromatic rings. The van der Waals surface area contributed by atoms with E-state index in [9.17, 15) is 23.6 Å². The van der Waals surface area contributed by atoms with Crippen LogP contribution in [0.15, 0.2) is 70.7 Å². The zero-order chi connectivity index (χ0) is 22.1. The molecule has 1 aliphatic heterocycles. The lowest BCUT2D eigenvalue weighted by Crippen LogP contribution is -2.54. The van der Waals surface area contributed by atoms with Crippen molar-refractivity contribution >= 4 is 35.6 Å². The molecule has 1 aromatic heterocycles. The summed E-state index contributed by atoms with van der Waals surface area (Å²) in [4.78, 5) is 48.8. The highest BCUT2D eigenvalue weighted by molar-refractivity contribution is 6.39. The average Bonchev–Trinajstić information content (AvgIpc) is 3.20. The summed E-state index contributed by atoms with van der Waals surface area (Å²) in [5, 5.41) is 11.0. The van der Waals surface area contributed by atoms with Crippen molar-refractivity contribution in [2.24, 2.45) is 0 Å². The fourth-order valence-electron chi connectivity index (χ4n) is 3.01. The molecule has 2 aromatic carbocycles. The Hall–Kier alpha value is -4.53. The number of amides is 4. The van der Waals surface area contributed by atoms with Crippen LogP contribution < -0.4 is 10.2 Å². The number of barbiturate groups is 1. The first kappa shape index (κ1) is 19.8. The maximum Gasteiger partial charge on any atom is 0.335 e. The van der Waals surface area contributed by atoms with Crippen LogP contribution in [0.1, 0.15) is 16.1 Å². The van der Waals surface area contributed by atoms with E-state index in [-0.39, 0.29) is 22.6 Å². The van der Waals surface area contributed by atoms with Crippen LogP contribution in [0, 0.1) is 5.82 Å². The molecule has 1 saturated heterocycles. The number of nitrogens with one attached hydrogen (secondary N) is 1. The van der Waals surface area contributed by atoms with Gasteiger partial charge in [0, 0.05) is 5.56 Å². The normalized spacial score (nSPS) is 15.3. The van der Waals surface area contributed by atoms with Gasteiger partial charge in [0.1, 0.15) is 22.9 Å². The summed E-state index contributed by atoms with van der Waals surface area (Å²) in [6.07, 6.45) is 1.17. The van der Waals surface area contributed by atoms with Crippen molar-refractivity contribution in [2.45, 2.75) is 0 Å².